The highest BCUT2D eigenvalue weighted by Gasteiger charge is 2.34. The molecule has 2 aliphatic heterocycles. The molecule has 4 rings (SSSR count). The van der Waals surface area contributed by atoms with Crippen molar-refractivity contribution in [2.75, 3.05) is 64.9 Å². The van der Waals surface area contributed by atoms with E-state index < -0.39 is 6.04 Å². The van der Waals surface area contributed by atoms with E-state index >= 15 is 0 Å². The van der Waals surface area contributed by atoms with Crippen molar-refractivity contribution in [1.82, 2.24) is 20.0 Å². The number of urea groups is 1. The Labute approximate surface area is 243 Å². The second-order valence-corrected chi connectivity index (χ2v) is 11.8. The van der Waals surface area contributed by atoms with Gasteiger partial charge in [0.1, 0.15) is 11.9 Å². The summed E-state index contributed by atoms with van der Waals surface area (Å²) in [6, 6.07) is 4.77. The molecular weight excluding hydrogens is 526 g/mol. The van der Waals surface area contributed by atoms with Gasteiger partial charge in [0.15, 0.2) is 0 Å². The second-order valence-electron chi connectivity index (χ2n) is 11.8. The van der Waals surface area contributed by atoms with Gasteiger partial charge in [-0.1, -0.05) is 26.2 Å². The van der Waals surface area contributed by atoms with Crippen LogP contribution < -0.4 is 15.4 Å². The summed E-state index contributed by atoms with van der Waals surface area (Å²) in [4.78, 5) is 44.9. The summed E-state index contributed by atoms with van der Waals surface area (Å²) in [6.07, 6.45) is 5.46. The van der Waals surface area contributed by atoms with Crippen LogP contribution in [-0.4, -0.2) is 115 Å². The fourth-order valence-corrected chi connectivity index (χ4v) is 5.71. The highest BCUT2D eigenvalue weighted by molar-refractivity contribution is 6.00. The van der Waals surface area contributed by atoms with Gasteiger partial charge < -0.3 is 35.0 Å². The number of hydrogen-bond donors (Lipinski definition) is 3. The Bertz CT molecular complexity index is 1040. The van der Waals surface area contributed by atoms with Crippen LogP contribution in [0.15, 0.2) is 18.2 Å². The minimum atomic E-state index is -0.407. The maximum Gasteiger partial charge on any atom is 0.317 e. The van der Waals surface area contributed by atoms with E-state index in [1.54, 1.807) is 35.0 Å². The summed E-state index contributed by atoms with van der Waals surface area (Å²) < 4.78 is 11.8. The lowest BCUT2D eigenvalue weighted by Crippen LogP contribution is -2.52. The molecule has 1 saturated carbocycles. The smallest absolute Gasteiger partial charge is 0.317 e. The number of nitrogens with one attached hydrogen (secondary N) is 2. The normalized spacial score (nSPS) is 23.0. The van der Waals surface area contributed by atoms with Gasteiger partial charge in [-0.2, -0.15) is 0 Å². The topological polar surface area (TPSA) is 124 Å². The molecule has 0 unspecified atom stereocenters. The van der Waals surface area contributed by atoms with Crippen LogP contribution in [0, 0.1) is 5.92 Å². The van der Waals surface area contributed by atoms with Crippen LogP contribution in [0.2, 0.25) is 0 Å². The predicted molar refractivity (Wildman–Crippen MR) is 156 cm³/mol. The van der Waals surface area contributed by atoms with E-state index in [-0.39, 0.29) is 42.5 Å². The van der Waals surface area contributed by atoms with E-state index in [1.807, 2.05) is 13.8 Å². The number of hydrogen-bond acceptors (Lipinski definition) is 7. The maximum atomic E-state index is 13.7. The van der Waals surface area contributed by atoms with Gasteiger partial charge in [-0.25, -0.2) is 4.79 Å². The van der Waals surface area contributed by atoms with Crippen molar-refractivity contribution >= 4 is 23.5 Å². The molecule has 11 heteroatoms. The number of nitrogens with zero attached hydrogens (tertiary/aromatic N) is 3. The molecule has 1 saturated heterocycles. The Morgan fingerprint density at radius 1 is 1.17 bits per heavy atom. The molecule has 0 bridgehead atoms. The summed E-state index contributed by atoms with van der Waals surface area (Å²) in [5.41, 5.74) is 0.834. The molecule has 3 N–H and O–H groups in total. The molecule has 2 fully saturated rings. The van der Waals surface area contributed by atoms with Crippen LogP contribution in [0.1, 0.15) is 62.7 Å². The minimum absolute atomic E-state index is 0.106. The van der Waals surface area contributed by atoms with Gasteiger partial charge >= 0.3 is 6.03 Å². The molecular formula is C30H47N5O6. The first-order valence-electron chi connectivity index (χ1n) is 15.1. The summed E-state index contributed by atoms with van der Waals surface area (Å²) in [7, 11) is 1.77. The number of likely N-dealkylation sites (N-methyl/N-ethyl adjacent to an activating group) is 1. The lowest BCUT2D eigenvalue weighted by molar-refractivity contribution is -0.116. The molecule has 0 radical (unpaired) electrons. The molecule has 3 atom stereocenters. The van der Waals surface area contributed by atoms with Crippen molar-refractivity contribution in [1.29, 1.82) is 0 Å². The van der Waals surface area contributed by atoms with Crippen molar-refractivity contribution in [3.8, 4) is 5.75 Å². The third kappa shape index (κ3) is 8.56. The van der Waals surface area contributed by atoms with E-state index in [0.717, 1.165) is 38.8 Å². The molecule has 4 amide bonds. The first-order chi connectivity index (χ1) is 19.7. The third-order valence-corrected chi connectivity index (χ3v) is 8.44. The lowest BCUT2D eigenvalue weighted by atomic mass is 9.96. The van der Waals surface area contributed by atoms with E-state index in [1.165, 1.54) is 6.42 Å². The number of anilines is 1. The predicted octanol–water partition coefficient (Wildman–Crippen LogP) is 2.54. The van der Waals surface area contributed by atoms with Gasteiger partial charge in [0.25, 0.3) is 5.91 Å². The van der Waals surface area contributed by atoms with E-state index in [9.17, 15) is 19.5 Å². The first kappa shape index (κ1) is 31.1. The Kier molecular flexibility index (Phi) is 11.2. The van der Waals surface area contributed by atoms with Crippen LogP contribution in [0.25, 0.3) is 0 Å². The van der Waals surface area contributed by atoms with E-state index in [2.05, 4.69) is 15.5 Å². The van der Waals surface area contributed by atoms with Gasteiger partial charge in [0, 0.05) is 57.3 Å². The number of benzene rings is 1. The van der Waals surface area contributed by atoms with Crippen LogP contribution in [0.4, 0.5) is 10.5 Å². The zero-order valence-electron chi connectivity index (χ0n) is 24.8. The molecule has 11 nitrogen and oxygen atoms in total. The summed E-state index contributed by atoms with van der Waals surface area (Å²) in [6.45, 7) is 7.95. The fraction of sp³-hybridized carbons (Fsp3) is 0.700. The standard InChI is InChI=1S/C30H47N5O6/c1-21-18-35(22(2)20-36)29(38)25-17-24(31-28(37)11-12-34-13-15-40-16-14-34)9-10-26(25)41-27(21)19-33(3)30(39)32-23-7-5-4-6-8-23/h9-10,17,21-23,27,36H,4-8,11-16,18-20H2,1-3H3,(H,31,37)(H,32,39)/t21-,22-,27-/m0/s1. The summed E-state index contributed by atoms with van der Waals surface area (Å²) >= 11 is 0. The van der Waals surface area contributed by atoms with Crippen molar-refractivity contribution in [3.05, 3.63) is 23.8 Å². The monoisotopic (exact) mass is 573 g/mol. The van der Waals surface area contributed by atoms with E-state index in [4.69, 9.17) is 9.47 Å². The van der Waals surface area contributed by atoms with Gasteiger partial charge in [0.2, 0.25) is 5.91 Å². The quantitative estimate of drug-likeness (QED) is 0.415. The Morgan fingerprint density at radius 2 is 1.90 bits per heavy atom. The summed E-state index contributed by atoms with van der Waals surface area (Å²) in [5, 5.41) is 16.0. The second kappa shape index (κ2) is 14.8. The van der Waals surface area contributed by atoms with Gasteiger partial charge in [-0.05, 0) is 38.0 Å². The average molecular weight is 574 g/mol. The molecule has 41 heavy (non-hydrogen) atoms. The van der Waals surface area contributed by atoms with Crippen molar-refractivity contribution in [2.45, 2.75) is 70.6 Å². The molecule has 1 aromatic carbocycles. The molecule has 3 aliphatic rings. The number of aliphatic hydroxyl groups excluding tert-OH is 1. The average Bonchev–Trinajstić information content (AvgIpc) is 2.98. The number of rotatable bonds is 9. The molecule has 1 aromatic rings. The molecule has 228 valence electrons. The highest BCUT2D eigenvalue weighted by Crippen LogP contribution is 2.31. The number of aliphatic hydroxyl groups is 1. The zero-order valence-corrected chi connectivity index (χ0v) is 24.8. The van der Waals surface area contributed by atoms with Crippen LogP contribution in [0.3, 0.4) is 0 Å². The van der Waals surface area contributed by atoms with Crippen LogP contribution >= 0.6 is 0 Å². The first-order valence-corrected chi connectivity index (χ1v) is 15.1. The Balaban J connectivity index is 1.47. The highest BCUT2D eigenvalue weighted by atomic mass is 16.5. The summed E-state index contributed by atoms with van der Waals surface area (Å²) in [5.74, 6) is -0.104. The maximum absolute atomic E-state index is 13.7. The SMILES string of the molecule is C[C@H]1CN([C@@H](C)CO)C(=O)c2cc(NC(=O)CCN3CCOCC3)ccc2O[C@H]1CN(C)C(=O)NC1CCCCC1. The minimum Gasteiger partial charge on any atom is -0.487 e. The lowest BCUT2D eigenvalue weighted by Gasteiger charge is -2.38. The Hall–Kier alpha value is -2.89. The van der Waals surface area contributed by atoms with Crippen molar-refractivity contribution < 1.29 is 29.0 Å². The largest absolute Gasteiger partial charge is 0.487 e. The van der Waals surface area contributed by atoms with E-state index in [0.29, 0.717) is 56.3 Å². The molecule has 2 heterocycles. The van der Waals surface area contributed by atoms with Crippen LogP contribution in [-0.2, 0) is 9.53 Å². The number of fused-ring (bicyclic) bond motifs is 1. The zero-order chi connectivity index (χ0) is 29.4. The molecule has 1 aliphatic carbocycles. The van der Waals surface area contributed by atoms with Gasteiger partial charge in [0.05, 0.1) is 38.0 Å². The number of carbonyl (C=O) groups excluding carboxylic acids is 3. The fourth-order valence-electron chi connectivity index (χ4n) is 5.71. The van der Waals surface area contributed by atoms with Crippen molar-refractivity contribution in [2.24, 2.45) is 5.92 Å². The Morgan fingerprint density at radius 3 is 2.61 bits per heavy atom. The van der Waals surface area contributed by atoms with Crippen LogP contribution in [0.5, 0.6) is 5.75 Å². The number of carbonyl (C=O) groups is 3. The number of ether oxygens (including phenoxy) is 2. The van der Waals surface area contributed by atoms with Gasteiger partial charge in [-0.3, -0.25) is 14.5 Å². The molecule has 0 aromatic heterocycles. The van der Waals surface area contributed by atoms with Crippen molar-refractivity contribution in [3.63, 3.8) is 0 Å². The third-order valence-electron chi connectivity index (χ3n) is 8.44. The van der Waals surface area contributed by atoms with Gasteiger partial charge in [-0.15, -0.1) is 0 Å². The number of amides is 4. The molecule has 0 spiro atoms. The number of morpholine rings is 1.